The quantitative estimate of drug-likeness (QED) is 0.167. The van der Waals surface area contributed by atoms with Gasteiger partial charge < -0.3 is 4.42 Å². The lowest BCUT2D eigenvalue weighted by Gasteiger charge is -2.30. The lowest BCUT2D eigenvalue weighted by atomic mass is 9.70. The Balaban J connectivity index is 0.968. The molecule has 0 unspecified atom stereocenters. The van der Waals surface area contributed by atoms with Gasteiger partial charge in [0.2, 0.25) is 0 Å². The zero-order valence-corrected chi connectivity index (χ0v) is 36.8. The summed E-state index contributed by atoms with van der Waals surface area (Å²) in [5.41, 5.74) is 21.0. The Bertz CT molecular complexity index is 3920. The second-order valence-corrected chi connectivity index (χ2v) is 17.8. The Hall–Kier alpha value is -8.99. The molecule has 0 atom stereocenters. The Morgan fingerprint density at radius 1 is 0.279 bits per heavy atom. The highest BCUT2D eigenvalue weighted by molar-refractivity contribution is 6.13. The highest BCUT2D eigenvalue weighted by Gasteiger charge is 2.52. The van der Waals surface area contributed by atoms with E-state index in [0.717, 1.165) is 66.4 Å². The zero-order chi connectivity index (χ0) is 44.8. The highest BCUT2D eigenvalue weighted by atomic mass is 16.3. The molecule has 0 bridgehead atoms. The predicted molar refractivity (Wildman–Crippen MR) is 276 cm³/mol. The lowest BCUT2D eigenvalue weighted by molar-refractivity contribution is 0.669. The average Bonchev–Trinajstić information content (AvgIpc) is 4.05. The van der Waals surface area contributed by atoms with E-state index in [1.807, 2.05) is 24.3 Å². The monoisotopic (exact) mass is 865 g/mol. The summed E-state index contributed by atoms with van der Waals surface area (Å²) in [6, 6.07) is 84.4. The summed E-state index contributed by atoms with van der Waals surface area (Å²) in [5, 5.41) is 1.97. The molecule has 14 rings (SSSR count). The molecule has 316 valence electrons. The van der Waals surface area contributed by atoms with Crippen LogP contribution in [0.2, 0.25) is 0 Å². The number of hydrogen-bond donors (Lipinski definition) is 0. The predicted octanol–water partition coefficient (Wildman–Crippen LogP) is 16.1. The standard InChI is InChI=1S/C64H39N3O/c1-3-17-40(18-4-1)41-33-35-43(36-34-41)61-65-62(49-24-8-7-21-45(49)42-19-5-2-6-20-42)67-63(66-61)51-27-16-32-58-60(51)52-39-44(37-38-57(52)68-58)46-26-15-31-56-59(46)50-25-11-14-30-55(50)64(56)53-28-12-9-22-47(53)48-23-10-13-29-54(48)64/h1-39H. The van der Waals surface area contributed by atoms with E-state index in [4.69, 9.17) is 19.4 Å². The second kappa shape index (κ2) is 15.0. The molecular weight excluding hydrogens is 827 g/mol. The van der Waals surface area contributed by atoms with E-state index >= 15 is 0 Å². The third-order valence-electron chi connectivity index (χ3n) is 14.2. The topological polar surface area (TPSA) is 51.8 Å². The molecule has 0 amide bonds. The summed E-state index contributed by atoms with van der Waals surface area (Å²) in [5.74, 6) is 1.78. The van der Waals surface area contributed by atoms with E-state index in [0.29, 0.717) is 17.5 Å². The number of hydrogen-bond acceptors (Lipinski definition) is 4. The van der Waals surface area contributed by atoms with Gasteiger partial charge in [0.1, 0.15) is 11.2 Å². The van der Waals surface area contributed by atoms with Crippen molar-refractivity contribution in [2.24, 2.45) is 0 Å². The van der Waals surface area contributed by atoms with Gasteiger partial charge in [-0.2, -0.15) is 0 Å². The van der Waals surface area contributed by atoms with Gasteiger partial charge >= 0.3 is 0 Å². The Morgan fingerprint density at radius 3 is 1.46 bits per heavy atom. The summed E-state index contributed by atoms with van der Waals surface area (Å²) in [4.78, 5) is 15.9. The minimum atomic E-state index is -0.427. The molecule has 4 heteroatoms. The Morgan fingerprint density at radius 2 is 0.750 bits per heavy atom. The van der Waals surface area contributed by atoms with Gasteiger partial charge in [0.05, 0.1) is 5.41 Å². The van der Waals surface area contributed by atoms with Crippen LogP contribution < -0.4 is 0 Å². The maximum atomic E-state index is 6.70. The number of aromatic nitrogens is 3. The van der Waals surface area contributed by atoms with Crippen LogP contribution in [-0.4, -0.2) is 15.0 Å². The molecule has 12 aromatic rings. The van der Waals surface area contributed by atoms with Crippen LogP contribution in [-0.2, 0) is 5.41 Å². The number of fused-ring (bicyclic) bond motifs is 13. The molecule has 0 radical (unpaired) electrons. The molecule has 0 saturated heterocycles. The molecule has 2 heterocycles. The van der Waals surface area contributed by atoms with Gasteiger partial charge in [0, 0.05) is 27.5 Å². The van der Waals surface area contributed by atoms with Gasteiger partial charge in [-0.05, 0) is 96.1 Å². The molecule has 0 fully saturated rings. The van der Waals surface area contributed by atoms with E-state index < -0.39 is 5.41 Å². The third kappa shape index (κ3) is 5.64. The van der Waals surface area contributed by atoms with Crippen molar-refractivity contribution in [1.82, 2.24) is 15.0 Å². The minimum absolute atomic E-state index is 0.427. The average molecular weight is 866 g/mol. The third-order valence-corrected chi connectivity index (χ3v) is 14.2. The van der Waals surface area contributed by atoms with Gasteiger partial charge in [-0.25, -0.2) is 15.0 Å². The fraction of sp³-hybridized carbons (Fsp3) is 0.0156. The number of benzene rings is 10. The number of rotatable bonds is 6. The maximum absolute atomic E-state index is 6.70. The summed E-state index contributed by atoms with van der Waals surface area (Å²) in [7, 11) is 0. The maximum Gasteiger partial charge on any atom is 0.164 e. The zero-order valence-electron chi connectivity index (χ0n) is 36.8. The summed E-state index contributed by atoms with van der Waals surface area (Å²) in [6.45, 7) is 0. The highest BCUT2D eigenvalue weighted by Crippen LogP contribution is 2.64. The molecule has 2 aliphatic rings. The molecule has 2 aliphatic carbocycles. The van der Waals surface area contributed by atoms with E-state index in [9.17, 15) is 0 Å². The van der Waals surface area contributed by atoms with Crippen LogP contribution in [0.1, 0.15) is 22.3 Å². The van der Waals surface area contributed by atoms with Gasteiger partial charge in [-0.15, -0.1) is 0 Å². The fourth-order valence-electron chi connectivity index (χ4n) is 11.3. The summed E-state index contributed by atoms with van der Waals surface area (Å²) >= 11 is 0. The fourth-order valence-corrected chi connectivity index (χ4v) is 11.3. The van der Waals surface area contributed by atoms with Crippen molar-refractivity contribution in [1.29, 1.82) is 0 Å². The van der Waals surface area contributed by atoms with Crippen LogP contribution in [0.25, 0.3) is 112 Å². The van der Waals surface area contributed by atoms with Gasteiger partial charge in [0.15, 0.2) is 17.5 Å². The molecule has 0 saturated carbocycles. The van der Waals surface area contributed by atoms with Crippen molar-refractivity contribution in [3.8, 4) is 89.8 Å². The van der Waals surface area contributed by atoms with E-state index in [-0.39, 0.29) is 0 Å². The summed E-state index contributed by atoms with van der Waals surface area (Å²) in [6.07, 6.45) is 0. The van der Waals surface area contributed by atoms with Gasteiger partial charge in [-0.3, -0.25) is 0 Å². The molecule has 0 N–H and O–H groups in total. The van der Waals surface area contributed by atoms with E-state index in [1.165, 1.54) is 50.1 Å². The minimum Gasteiger partial charge on any atom is -0.456 e. The van der Waals surface area contributed by atoms with Crippen LogP contribution in [0.5, 0.6) is 0 Å². The molecule has 4 nitrogen and oxygen atoms in total. The molecule has 0 aliphatic heterocycles. The molecule has 10 aromatic carbocycles. The number of furan rings is 1. The van der Waals surface area contributed by atoms with Crippen LogP contribution in [0.4, 0.5) is 0 Å². The first-order valence-corrected chi connectivity index (χ1v) is 23.2. The number of nitrogens with zero attached hydrogens (tertiary/aromatic N) is 3. The van der Waals surface area contributed by atoms with E-state index in [2.05, 4.69) is 212 Å². The Labute approximate surface area is 393 Å². The van der Waals surface area contributed by atoms with Crippen LogP contribution in [0.3, 0.4) is 0 Å². The smallest absolute Gasteiger partial charge is 0.164 e. The van der Waals surface area contributed by atoms with Crippen molar-refractivity contribution in [2.75, 3.05) is 0 Å². The molecule has 1 spiro atoms. The van der Waals surface area contributed by atoms with Crippen molar-refractivity contribution in [3.63, 3.8) is 0 Å². The first-order valence-electron chi connectivity index (χ1n) is 23.2. The first-order chi connectivity index (χ1) is 33.7. The van der Waals surface area contributed by atoms with Crippen LogP contribution in [0.15, 0.2) is 241 Å². The second-order valence-electron chi connectivity index (χ2n) is 17.8. The van der Waals surface area contributed by atoms with Gasteiger partial charge in [0.25, 0.3) is 0 Å². The van der Waals surface area contributed by atoms with Crippen LogP contribution in [0, 0.1) is 0 Å². The largest absolute Gasteiger partial charge is 0.456 e. The van der Waals surface area contributed by atoms with E-state index in [1.54, 1.807) is 0 Å². The van der Waals surface area contributed by atoms with Crippen molar-refractivity contribution < 1.29 is 4.42 Å². The normalized spacial score (nSPS) is 12.8. The van der Waals surface area contributed by atoms with Crippen molar-refractivity contribution in [2.45, 2.75) is 5.41 Å². The van der Waals surface area contributed by atoms with Gasteiger partial charge in [-0.1, -0.05) is 218 Å². The SMILES string of the molecule is c1ccc(-c2ccc(-c3nc(-c4ccccc4-c4ccccc4)nc(-c4cccc5oc6ccc(-c7cccc8c7-c7ccccc7C87c8ccccc8-c8ccccc87)cc6c45)n3)cc2)cc1. The molecular formula is C64H39N3O. The summed E-state index contributed by atoms with van der Waals surface area (Å²) < 4.78 is 6.70. The van der Waals surface area contributed by atoms with Crippen molar-refractivity contribution in [3.05, 3.63) is 259 Å². The molecule has 2 aromatic heterocycles. The lowest BCUT2D eigenvalue weighted by Crippen LogP contribution is -2.25. The molecule has 68 heavy (non-hydrogen) atoms. The Kier molecular flexibility index (Phi) is 8.46. The van der Waals surface area contributed by atoms with Crippen molar-refractivity contribution >= 4 is 21.9 Å². The first kappa shape index (κ1) is 38.3. The van der Waals surface area contributed by atoms with Crippen LogP contribution >= 0.6 is 0 Å².